The lowest BCUT2D eigenvalue weighted by molar-refractivity contribution is -0.00522. The second-order valence-corrected chi connectivity index (χ2v) is 6.46. The van der Waals surface area contributed by atoms with Crippen molar-refractivity contribution in [3.8, 4) is 0 Å². The van der Waals surface area contributed by atoms with E-state index in [4.69, 9.17) is 4.74 Å². The summed E-state index contributed by atoms with van der Waals surface area (Å²) < 4.78 is 5.79. The summed E-state index contributed by atoms with van der Waals surface area (Å²) in [6.45, 7) is 13.0. The maximum atomic E-state index is 5.79. The van der Waals surface area contributed by atoms with Gasteiger partial charge in [0.15, 0.2) is 0 Å². The lowest BCUT2D eigenvalue weighted by Gasteiger charge is -2.37. The Labute approximate surface area is 111 Å². The van der Waals surface area contributed by atoms with E-state index in [0.717, 1.165) is 13.1 Å². The summed E-state index contributed by atoms with van der Waals surface area (Å²) in [7, 11) is 0. The first kappa shape index (κ1) is 13.4. The third-order valence-corrected chi connectivity index (χ3v) is 3.50. The molecular formula is C16H25NO. The highest BCUT2D eigenvalue weighted by atomic mass is 16.5. The van der Waals surface area contributed by atoms with Gasteiger partial charge in [0.1, 0.15) is 0 Å². The maximum Gasteiger partial charge on any atom is 0.0726 e. The van der Waals surface area contributed by atoms with Crippen molar-refractivity contribution >= 4 is 5.69 Å². The van der Waals surface area contributed by atoms with E-state index < -0.39 is 0 Å². The first-order valence-corrected chi connectivity index (χ1v) is 6.87. The van der Waals surface area contributed by atoms with Gasteiger partial charge in [-0.3, -0.25) is 0 Å². The van der Waals surface area contributed by atoms with Crippen LogP contribution in [0, 0.1) is 0 Å². The van der Waals surface area contributed by atoms with Crippen molar-refractivity contribution in [1.29, 1.82) is 0 Å². The lowest BCUT2D eigenvalue weighted by atomic mass is 9.87. The van der Waals surface area contributed by atoms with Crippen LogP contribution in [0.4, 0.5) is 5.69 Å². The van der Waals surface area contributed by atoms with Crippen molar-refractivity contribution in [3.63, 3.8) is 0 Å². The van der Waals surface area contributed by atoms with Crippen LogP contribution in [0.15, 0.2) is 24.3 Å². The van der Waals surface area contributed by atoms with Crippen molar-refractivity contribution in [2.75, 3.05) is 18.0 Å². The van der Waals surface area contributed by atoms with Gasteiger partial charge in [0, 0.05) is 18.8 Å². The minimum Gasteiger partial charge on any atom is -0.372 e. The molecule has 0 unspecified atom stereocenters. The summed E-state index contributed by atoms with van der Waals surface area (Å²) in [4.78, 5) is 2.44. The van der Waals surface area contributed by atoms with Gasteiger partial charge in [-0.05, 0) is 37.0 Å². The van der Waals surface area contributed by atoms with E-state index in [0.29, 0.717) is 12.2 Å². The summed E-state index contributed by atoms with van der Waals surface area (Å²) in [6, 6.07) is 8.92. The van der Waals surface area contributed by atoms with Crippen LogP contribution in [0.2, 0.25) is 0 Å². The summed E-state index contributed by atoms with van der Waals surface area (Å²) in [5, 5.41) is 0. The molecule has 0 radical (unpaired) electrons. The molecule has 0 bridgehead atoms. The number of rotatable bonds is 1. The number of hydrogen-bond donors (Lipinski definition) is 0. The van der Waals surface area contributed by atoms with Crippen molar-refractivity contribution < 1.29 is 4.74 Å². The van der Waals surface area contributed by atoms with Crippen LogP contribution in [-0.4, -0.2) is 25.3 Å². The predicted molar refractivity (Wildman–Crippen MR) is 77.4 cm³/mol. The van der Waals surface area contributed by atoms with Gasteiger partial charge in [0.25, 0.3) is 0 Å². The van der Waals surface area contributed by atoms with Gasteiger partial charge in [-0.15, -0.1) is 0 Å². The van der Waals surface area contributed by atoms with E-state index in [-0.39, 0.29) is 5.41 Å². The number of benzene rings is 1. The quantitative estimate of drug-likeness (QED) is 0.752. The number of morpholine rings is 1. The van der Waals surface area contributed by atoms with E-state index in [2.05, 4.69) is 63.8 Å². The number of ether oxygens (including phenoxy) is 1. The number of anilines is 1. The van der Waals surface area contributed by atoms with Crippen molar-refractivity contribution in [2.45, 2.75) is 52.2 Å². The minimum absolute atomic E-state index is 0.208. The van der Waals surface area contributed by atoms with Gasteiger partial charge < -0.3 is 9.64 Å². The SMILES string of the molecule is C[C@@H]1CN(c2cccc(C(C)(C)C)c2)C[C@H](C)O1. The smallest absolute Gasteiger partial charge is 0.0726 e. The molecule has 0 N–H and O–H groups in total. The molecule has 0 aromatic heterocycles. The Hall–Kier alpha value is -1.02. The molecule has 2 heteroatoms. The summed E-state index contributed by atoms with van der Waals surface area (Å²) in [5.41, 5.74) is 2.93. The van der Waals surface area contributed by atoms with Crippen molar-refractivity contribution in [1.82, 2.24) is 0 Å². The zero-order chi connectivity index (χ0) is 13.3. The first-order chi connectivity index (χ1) is 8.36. The normalized spacial score (nSPS) is 25.3. The molecule has 1 aromatic rings. The molecule has 1 aliphatic rings. The van der Waals surface area contributed by atoms with Crippen LogP contribution < -0.4 is 4.90 Å². The molecule has 0 spiro atoms. The van der Waals surface area contributed by atoms with Gasteiger partial charge in [-0.2, -0.15) is 0 Å². The average Bonchev–Trinajstić information content (AvgIpc) is 2.27. The highest BCUT2D eigenvalue weighted by molar-refractivity contribution is 5.50. The molecule has 0 amide bonds. The third-order valence-electron chi connectivity index (χ3n) is 3.50. The molecule has 0 aliphatic carbocycles. The number of hydrogen-bond acceptors (Lipinski definition) is 2. The summed E-state index contributed by atoms with van der Waals surface area (Å²) in [6.07, 6.45) is 0.624. The van der Waals surface area contributed by atoms with Gasteiger partial charge in [0.2, 0.25) is 0 Å². The fourth-order valence-corrected chi connectivity index (χ4v) is 2.56. The molecule has 1 aliphatic heterocycles. The van der Waals surface area contributed by atoms with E-state index in [1.807, 2.05) is 0 Å². The Morgan fingerprint density at radius 2 is 1.72 bits per heavy atom. The molecule has 100 valence electrons. The van der Waals surface area contributed by atoms with Gasteiger partial charge in [-0.1, -0.05) is 32.9 Å². The highest BCUT2D eigenvalue weighted by Crippen LogP contribution is 2.27. The van der Waals surface area contributed by atoms with Gasteiger partial charge >= 0.3 is 0 Å². The maximum absolute atomic E-state index is 5.79. The van der Waals surface area contributed by atoms with Gasteiger partial charge in [0.05, 0.1) is 12.2 Å². The second-order valence-electron chi connectivity index (χ2n) is 6.46. The molecular weight excluding hydrogens is 222 g/mol. The fourth-order valence-electron chi connectivity index (χ4n) is 2.56. The Morgan fingerprint density at radius 3 is 2.28 bits per heavy atom. The Bertz CT molecular complexity index is 398. The van der Waals surface area contributed by atoms with Crippen molar-refractivity contribution in [2.24, 2.45) is 0 Å². The standard InChI is InChI=1S/C16H25NO/c1-12-10-17(11-13(2)18-12)15-8-6-7-14(9-15)16(3,4)5/h6-9,12-13H,10-11H2,1-5H3/t12-,13+. The zero-order valence-electron chi connectivity index (χ0n) is 12.2. The van der Waals surface area contributed by atoms with Crippen LogP contribution in [0.5, 0.6) is 0 Å². The molecule has 18 heavy (non-hydrogen) atoms. The van der Waals surface area contributed by atoms with Crippen LogP contribution in [0.25, 0.3) is 0 Å². The van der Waals surface area contributed by atoms with E-state index in [1.54, 1.807) is 0 Å². The molecule has 2 rings (SSSR count). The minimum atomic E-state index is 0.208. The van der Waals surface area contributed by atoms with Crippen LogP contribution in [0.1, 0.15) is 40.2 Å². The van der Waals surface area contributed by atoms with Crippen molar-refractivity contribution in [3.05, 3.63) is 29.8 Å². The monoisotopic (exact) mass is 247 g/mol. The molecule has 2 atom stereocenters. The fraction of sp³-hybridized carbons (Fsp3) is 0.625. The molecule has 1 heterocycles. The Kier molecular flexibility index (Phi) is 3.67. The van der Waals surface area contributed by atoms with E-state index >= 15 is 0 Å². The number of nitrogens with zero attached hydrogens (tertiary/aromatic N) is 1. The summed E-state index contributed by atoms with van der Waals surface area (Å²) in [5.74, 6) is 0. The Balaban J connectivity index is 2.23. The third kappa shape index (κ3) is 3.05. The topological polar surface area (TPSA) is 12.5 Å². The van der Waals surface area contributed by atoms with Gasteiger partial charge in [-0.25, -0.2) is 0 Å². The predicted octanol–water partition coefficient (Wildman–Crippen LogP) is 3.60. The first-order valence-electron chi connectivity index (χ1n) is 6.87. The molecule has 1 fully saturated rings. The van der Waals surface area contributed by atoms with E-state index in [1.165, 1.54) is 11.3 Å². The second kappa shape index (κ2) is 4.93. The Morgan fingerprint density at radius 1 is 1.11 bits per heavy atom. The lowest BCUT2D eigenvalue weighted by Crippen LogP contribution is -2.45. The highest BCUT2D eigenvalue weighted by Gasteiger charge is 2.23. The molecule has 0 saturated carbocycles. The molecule has 2 nitrogen and oxygen atoms in total. The summed E-state index contributed by atoms with van der Waals surface area (Å²) >= 11 is 0. The van der Waals surface area contributed by atoms with E-state index in [9.17, 15) is 0 Å². The van der Waals surface area contributed by atoms with Crippen LogP contribution in [-0.2, 0) is 10.2 Å². The largest absolute Gasteiger partial charge is 0.372 e. The molecule has 1 saturated heterocycles. The average molecular weight is 247 g/mol. The van der Waals surface area contributed by atoms with Crippen LogP contribution >= 0.6 is 0 Å². The molecule has 1 aromatic carbocycles. The van der Waals surface area contributed by atoms with Crippen LogP contribution in [0.3, 0.4) is 0 Å². The zero-order valence-corrected chi connectivity index (χ0v) is 12.2.